The van der Waals surface area contributed by atoms with Gasteiger partial charge in [0.2, 0.25) is 0 Å². The fourth-order valence-electron chi connectivity index (χ4n) is 4.08. The van der Waals surface area contributed by atoms with Crippen molar-refractivity contribution in [1.29, 1.82) is 0 Å². The molecule has 0 amide bonds. The predicted octanol–water partition coefficient (Wildman–Crippen LogP) is 5.98. The van der Waals surface area contributed by atoms with Crippen molar-refractivity contribution >= 4 is 29.6 Å². The first-order chi connectivity index (χ1) is 16.3. The van der Waals surface area contributed by atoms with Crippen LogP contribution in [0.2, 0.25) is 0 Å². The summed E-state index contributed by atoms with van der Waals surface area (Å²) in [6, 6.07) is 24.7. The number of aldehydes is 1. The van der Waals surface area contributed by atoms with Crippen molar-refractivity contribution in [2.75, 3.05) is 26.7 Å². The summed E-state index contributed by atoms with van der Waals surface area (Å²) in [7, 11) is 1.98. The lowest BCUT2D eigenvalue weighted by molar-refractivity contribution is 0.112. The van der Waals surface area contributed by atoms with E-state index in [9.17, 15) is 4.79 Å². The van der Waals surface area contributed by atoms with Crippen LogP contribution in [0, 0.1) is 0 Å². The standard InChI is InChI=1S/C19H18N2OS.C9H13N/c22-13-14-8-9-18-16(12-14)20-19(21-10-4-1-5-11-21)15-6-2-3-7-17(15)23-18;1-10-8-7-9-5-3-2-4-6-9/h2-3,6-9,12-13H,1,4-5,10-11H2;2-6,10H,7-8H2,1H3. The number of likely N-dealkylation sites (N-methyl/N-ethyl adjacent to an activating group) is 1. The van der Waals surface area contributed by atoms with Gasteiger partial charge in [0.1, 0.15) is 12.1 Å². The maximum absolute atomic E-state index is 11.1. The van der Waals surface area contributed by atoms with Gasteiger partial charge >= 0.3 is 0 Å². The number of aliphatic imine (C=N–C) groups is 1. The Bertz CT molecular complexity index is 1090. The van der Waals surface area contributed by atoms with Crippen LogP contribution in [-0.2, 0) is 6.42 Å². The first kappa shape index (κ1) is 23.3. The van der Waals surface area contributed by atoms with Crippen LogP contribution in [0.15, 0.2) is 87.6 Å². The molecule has 2 heterocycles. The minimum absolute atomic E-state index is 0.678. The molecule has 0 unspecified atom stereocenters. The molecule has 2 aliphatic rings. The van der Waals surface area contributed by atoms with Gasteiger partial charge < -0.3 is 10.2 Å². The van der Waals surface area contributed by atoms with E-state index in [1.807, 2.05) is 31.3 Å². The molecule has 0 spiro atoms. The van der Waals surface area contributed by atoms with E-state index in [1.165, 1.54) is 35.3 Å². The molecule has 0 atom stereocenters. The van der Waals surface area contributed by atoms with Crippen molar-refractivity contribution in [3.8, 4) is 0 Å². The molecule has 3 aromatic carbocycles. The van der Waals surface area contributed by atoms with Gasteiger partial charge in [-0.1, -0.05) is 66.4 Å². The maximum atomic E-state index is 11.1. The minimum atomic E-state index is 0.678. The number of nitrogens with one attached hydrogen (secondary N) is 1. The highest BCUT2D eigenvalue weighted by Crippen LogP contribution is 2.41. The summed E-state index contributed by atoms with van der Waals surface area (Å²) in [5.74, 6) is 1.05. The van der Waals surface area contributed by atoms with Crippen molar-refractivity contribution < 1.29 is 4.79 Å². The second kappa shape index (κ2) is 11.8. The summed E-state index contributed by atoms with van der Waals surface area (Å²) in [6.45, 7) is 3.17. The van der Waals surface area contributed by atoms with Gasteiger partial charge in [0, 0.05) is 34.0 Å². The monoisotopic (exact) mass is 457 g/mol. The quantitative estimate of drug-likeness (QED) is 0.490. The lowest BCUT2D eigenvalue weighted by Gasteiger charge is -2.30. The number of likely N-dealkylation sites (tertiary alicyclic amines) is 1. The lowest BCUT2D eigenvalue weighted by atomic mass is 10.1. The number of fused-ring (bicyclic) bond motifs is 2. The topological polar surface area (TPSA) is 44.7 Å². The number of piperidine rings is 1. The van der Waals surface area contributed by atoms with E-state index in [0.29, 0.717) is 5.56 Å². The highest BCUT2D eigenvalue weighted by atomic mass is 32.2. The number of hydrogen-bond acceptors (Lipinski definition) is 5. The molecule has 5 heteroatoms. The summed E-state index contributed by atoms with van der Waals surface area (Å²) < 4.78 is 0. The molecule has 2 aliphatic heterocycles. The third-order valence-corrected chi connectivity index (χ3v) is 7.00. The summed E-state index contributed by atoms with van der Waals surface area (Å²) >= 11 is 1.73. The summed E-state index contributed by atoms with van der Waals surface area (Å²) in [5.41, 5.74) is 4.17. The maximum Gasteiger partial charge on any atom is 0.150 e. The molecule has 0 aliphatic carbocycles. The van der Waals surface area contributed by atoms with Crippen LogP contribution in [0.5, 0.6) is 0 Å². The normalized spacial score (nSPS) is 14.7. The van der Waals surface area contributed by atoms with Crippen molar-refractivity contribution in [2.24, 2.45) is 4.99 Å². The number of carbonyl (C=O) groups is 1. The van der Waals surface area contributed by atoms with Crippen LogP contribution in [0.4, 0.5) is 5.69 Å². The van der Waals surface area contributed by atoms with E-state index in [-0.39, 0.29) is 0 Å². The van der Waals surface area contributed by atoms with Crippen molar-refractivity contribution in [3.05, 3.63) is 89.5 Å². The molecule has 1 saturated heterocycles. The van der Waals surface area contributed by atoms with E-state index >= 15 is 0 Å². The van der Waals surface area contributed by atoms with Crippen molar-refractivity contribution in [3.63, 3.8) is 0 Å². The number of nitrogens with zero attached hydrogens (tertiary/aromatic N) is 2. The Hall–Kier alpha value is -2.89. The third kappa shape index (κ3) is 6.12. The SMILES string of the molecule is CNCCc1ccccc1.O=Cc1ccc2c(c1)N=C(N1CCCCC1)c1ccccc1S2. The summed E-state index contributed by atoms with van der Waals surface area (Å²) in [4.78, 5) is 20.8. The zero-order chi connectivity index (χ0) is 22.9. The minimum Gasteiger partial charge on any atom is -0.356 e. The number of hydrogen-bond donors (Lipinski definition) is 1. The molecule has 1 N–H and O–H groups in total. The molecule has 1 fully saturated rings. The fraction of sp³-hybridized carbons (Fsp3) is 0.286. The number of benzene rings is 3. The number of carbonyl (C=O) groups excluding carboxylic acids is 1. The Morgan fingerprint density at radius 3 is 2.45 bits per heavy atom. The van der Waals surface area contributed by atoms with Crippen molar-refractivity contribution in [2.45, 2.75) is 35.5 Å². The van der Waals surface area contributed by atoms with Gasteiger partial charge in [-0.2, -0.15) is 0 Å². The molecule has 3 aromatic rings. The second-order valence-electron chi connectivity index (χ2n) is 8.27. The van der Waals surface area contributed by atoms with Gasteiger partial charge in [-0.05, 0) is 63.0 Å². The largest absolute Gasteiger partial charge is 0.356 e. The molecule has 0 saturated carbocycles. The van der Waals surface area contributed by atoms with Crippen LogP contribution in [0.25, 0.3) is 0 Å². The van der Waals surface area contributed by atoms with Crippen LogP contribution in [0.3, 0.4) is 0 Å². The molecule has 4 nitrogen and oxygen atoms in total. The highest BCUT2D eigenvalue weighted by Gasteiger charge is 2.23. The van der Waals surface area contributed by atoms with Crippen LogP contribution >= 0.6 is 11.8 Å². The molecular formula is C28H31N3OS. The molecule has 33 heavy (non-hydrogen) atoms. The molecule has 0 radical (unpaired) electrons. The average molecular weight is 458 g/mol. The number of amidine groups is 1. The van der Waals surface area contributed by atoms with Gasteiger partial charge in [0.15, 0.2) is 0 Å². The third-order valence-electron chi connectivity index (χ3n) is 5.86. The zero-order valence-corrected chi connectivity index (χ0v) is 20.0. The Kier molecular flexibility index (Phi) is 8.34. The van der Waals surface area contributed by atoms with E-state index in [0.717, 1.165) is 48.8 Å². The molecule has 5 rings (SSSR count). The molecule has 0 aromatic heterocycles. The van der Waals surface area contributed by atoms with Crippen LogP contribution < -0.4 is 5.32 Å². The molecule has 170 valence electrons. The van der Waals surface area contributed by atoms with E-state index in [1.54, 1.807) is 11.8 Å². The Morgan fingerprint density at radius 2 is 1.70 bits per heavy atom. The predicted molar refractivity (Wildman–Crippen MR) is 138 cm³/mol. The van der Waals surface area contributed by atoms with Crippen LogP contribution in [0.1, 0.15) is 40.7 Å². The summed E-state index contributed by atoms with van der Waals surface area (Å²) in [6.07, 6.45) is 5.74. The summed E-state index contributed by atoms with van der Waals surface area (Å²) in [5, 5.41) is 3.12. The highest BCUT2D eigenvalue weighted by molar-refractivity contribution is 7.99. The first-order valence-electron chi connectivity index (χ1n) is 11.7. The lowest BCUT2D eigenvalue weighted by Crippen LogP contribution is -2.36. The zero-order valence-electron chi connectivity index (χ0n) is 19.2. The average Bonchev–Trinajstić information content (AvgIpc) is 3.05. The van der Waals surface area contributed by atoms with E-state index in [4.69, 9.17) is 4.99 Å². The molecular weight excluding hydrogens is 426 g/mol. The van der Waals surface area contributed by atoms with Gasteiger partial charge in [-0.3, -0.25) is 4.79 Å². The first-order valence-corrected chi connectivity index (χ1v) is 12.5. The second-order valence-corrected chi connectivity index (χ2v) is 9.35. The van der Waals surface area contributed by atoms with E-state index in [2.05, 4.69) is 58.7 Å². The van der Waals surface area contributed by atoms with Gasteiger partial charge in [-0.25, -0.2) is 4.99 Å². The van der Waals surface area contributed by atoms with E-state index < -0.39 is 0 Å². The van der Waals surface area contributed by atoms with Crippen molar-refractivity contribution in [1.82, 2.24) is 10.2 Å². The fourth-order valence-corrected chi connectivity index (χ4v) is 5.07. The Labute approximate surface area is 201 Å². The van der Waals surface area contributed by atoms with Crippen LogP contribution in [-0.4, -0.2) is 43.7 Å². The Balaban J connectivity index is 0.000000219. The smallest absolute Gasteiger partial charge is 0.150 e. The van der Waals surface area contributed by atoms with Gasteiger partial charge in [0.05, 0.1) is 5.69 Å². The molecule has 0 bridgehead atoms. The van der Waals surface area contributed by atoms with Gasteiger partial charge in [-0.15, -0.1) is 0 Å². The number of rotatable bonds is 4. The Morgan fingerprint density at radius 1 is 0.939 bits per heavy atom. The van der Waals surface area contributed by atoms with Gasteiger partial charge in [0.25, 0.3) is 0 Å².